The standard InChI is InChI=1S/C19H29N3O3/c1-23-18-10-15(12-22-19(20)21-11-14-4-2-5-14)7-8-17(18)25-13-16-6-3-9-24-16/h7-8,10,14,16H,2-6,9,11-13H2,1H3,(H3,20,21,22)/t16-/m0/s1. The third kappa shape index (κ3) is 5.26. The van der Waals surface area contributed by atoms with Crippen molar-refractivity contribution in [2.45, 2.75) is 44.8 Å². The second kappa shape index (κ2) is 8.94. The van der Waals surface area contributed by atoms with E-state index in [4.69, 9.17) is 19.9 Å². The Hall–Kier alpha value is -1.95. The second-order valence-corrected chi connectivity index (χ2v) is 6.81. The highest BCUT2D eigenvalue weighted by atomic mass is 16.5. The van der Waals surface area contributed by atoms with Crippen LogP contribution in [0.1, 0.15) is 37.7 Å². The maximum atomic E-state index is 5.94. The Morgan fingerprint density at radius 2 is 2.16 bits per heavy atom. The number of hydrogen-bond acceptors (Lipinski definition) is 4. The number of aliphatic imine (C=N–C) groups is 1. The quantitative estimate of drug-likeness (QED) is 0.558. The van der Waals surface area contributed by atoms with Crippen LogP contribution in [0.5, 0.6) is 11.5 Å². The molecular weight excluding hydrogens is 318 g/mol. The lowest BCUT2D eigenvalue weighted by Gasteiger charge is -2.25. The summed E-state index contributed by atoms with van der Waals surface area (Å²) in [5, 5.41) is 3.20. The molecule has 6 heteroatoms. The Bertz CT molecular complexity index is 581. The molecule has 0 aromatic heterocycles. The molecule has 1 aromatic rings. The maximum Gasteiger partial charge on any atom is 0.188 e. The average molecular weight is 347 g/mol. The fourth-order valence-electron chi connectivity index (χ4n) is 3.07. The summed E-state index contributed by atoms with van der Waals surface area (Å²) in [6, 6.07) is 5.88. The van der Waals surface area contributed by atoms with Crippen molar-refractivity contribution < 1.29 is 14.2 Å². The third-order valence-electron chi connectivity index (χ3n) is 4.91. The predicted molar refractivity (Wildman–Crippen MR) is 98.1 cm³/mol. The molecule has 0 spiro atoms. The van der Waals surface area contributed by atoms with Crippen LogP contribution in [-0.2, 0) is 11.3 Å². The van der Waals surface area contributed by atoms with Crippen molar-refractivity contribution in [3.63, 3.8) is 0 Å². The van der Waals surface area contributed by atoms with Gasteiger partial charge in [-0.1, -0.05) is 12.5 Å². The van der Waals surface area contributed by atoms with E-state index in [-0.39, 0.29) is 6.10 Å². The lowest BCUT2D eigenvalue weighted by atomic mass is 9.85. The van der Waals surface area contributed by atoms with Crippen molar-refractivity contribution in [1.82, 2.24) is 5.32 Å². The van der Waals surface area contributed by atoms with Gasteiger partial charge in [-0.3, -0.25) is 0 Å². The molecule has 1 saturated heterocycles. The monoisotopic (exact) mass is 347 g/mol. The predicted octanol–water partition coefficient (Wildman–Crippen LogP) is 2.46. The van der Waals surface area contributed by atoms with Crippen LogP contribution >= 0.6 is 0 Å². The van der Waals surface area contributed by atoms with Crippen molar-refractivity contribution in [2.24, 2.45) is 16.6 Å². The number of ether oxygens (including phenoxy) is 3. The summed E-state index contributed by atoms with van der Waals surface area (Å²) in [5.41, 5.74) is 6.97. The zero-order valence-electron chi connectivity index (χ0n) is 15.0. The minimum absolute atomic E-state index is 0.190. The first-order valence-electron chi connectivity index (χ1n) is 9.19. The molecule has 1 saturated carbocycles. The Morgan fingerprint density at radius 3 is 2.84 bits per heavy atom. The molecule has 2 fully saturated rings. The number of nitrogens with one attached hydrogen (secondary N) is 1. The first-order valence-corrected chi connectivity index (χ1v) is 9.19. The average Bonchev–Trinajstić information content (AvgIpc) is 3.10. The molecule has 0 amide bonds. The van der Waals surface area contributed by atoms with Crippen LogP contribution in [0, 0.1) is 5.92 Å². The van der Waals surface area contributed by atoms with E-state index in [1.807, 2.05) is 18.2 Å². The Morgan fingerprint density at radius 1 is 1.28 bits per heavy atom. The minimum atomic E-state index is 0.190. The highest BCUT2D eigenvalue weighted by molar-refractivity contribution is 5.77. The van der Waals surface area contributed by atoms with Gasteiger partial charge in [0.25, 0.3) is 0 Å². The lowest BCUT2D eigenvalue weighted by molar-refractivity contribution is 0.0669. The smallest absolute Gasteiger partial charge is 0.188 e. The molecule has 0 radical (unpaired) electrons. The zero-order valence-corrected chi connectivity index (χ0v) is 15.0. The number of guanidine groups is 1. The molecule has 1 atom stereocenters. The number of methoxy groups -OCH3 is 1. The second-order valence-electron chi connectivity index (χ2n) is 6.81. The van der Waals surface area contributed by atoms with Crippen LogP contribution in [0.4, 0.5) is 0 Å². The molecule has 6 nitrogen and oxygen atoms in total. The molecule has 25 heavy (non-hydrogen) atoms. The van der Waals surface area contributed by atoms with Gasteiger partial charge in [0.1, 0.15) is 6.61 Å². The first-order chi connectivity index (χ1) is 12.2. The fraction of sp³-hybridized carbons (Fsp3) is 0.632. The van der Waals surface area contributed by atoms with Gasteiger partial charge in [-0.15, -0.1) is 0 Å². The summed E-state index contributed by atoms with van der Waals surface area (Å²) in [7, 11) is 1.65. The number of rotatable bonds is 8. The highest BCUT2D eigenvalue weighted by Crippen LogP contribution is 2.29. The van der Waals surface area contributed by atoms with Crippen LogP contribution in [0.3, 0.4) is 0 Å². The molecule has 3 rings (SSSR count). The van der Waals surface area contributed by atoms with E-state index in [0.29, 0.717) is 24.9 Å². The van der Waals surface area contributed by atoms with E-state index in [0.717, 1.165) is 43.2 Å². The van der Waals surface area contributed by atoms with Crippen molar-refractivity contribution in [3.8, 4) is 11.5 Å². The van der Waals surface area contributed by atoms with Gasteiger partial charge in [0.15, 0.2) is 17.5 Å². The molecule has 138 valence electrons. The number of benzene rings is 1. The summed E-state index contributed by atoms with van der Waals surface area (Å²) >= 11 is 0. The van der Waals surface area contributed by atoms with Gasteiger partial charge in [-0.25, -0.2) is 4.99 Å². The number of hydrogen-bond donors (Lipinski definition) is 2. The fourth-order valence-corrected chi connectivity index (χ4v) is 3.07. The molecule has 0 bridgehead atoms. The Kier molecular flexibility index (Phi) is 6.39. The Balaban J connectivity index is 1.50. The van der Waals surface area contributed by atoms with Gasteiger partial charge in [0.2, 0.25) is 0 Å². The first kappa shape index (κ1) is 17.9. The summed E-state index contributed by atoms with van der Waals surface area (Å²) in [6.07, 6.45) is 6.29. The normalized spacial score (nSPS) is 21.0. The molecule has 1 heterocycles. The van der Waals surface area contributed by atoms with E-state index in [1.54, 1.807) is 7.11 Å². The number of nitrogens with two attached hydrogens (primary N) is 1. The van der Waals surface area contributed by atoms with Gasteiger partial charge < -0.3 is 25.3 Å². The lowest BCUT2D eigenvalue weighted by Crippen LogP contribution is -2.37. The maximum absolute atomic E-state index is 5.94. The van der Waals surface area contributed by atoms with Crippen LogP contribution in [0.25, 0.3) is 0 Å². The summed E-state index contributed by atoms with van der Waals surface area (Å²) in [6.45, 7) is 2.84. The van der Waals surface area contributed by atoms with Gasteiger partial charge in [0, 0.05) is 13.2 Å². The van der Waals surface area contributed by atoms with E-state index >= 15 is 0 Å². The van der Waals surface area contributed by atoms with Crippen molar-refractivity contribution in [2.75, 3.05) is 26.9 Å². The minimum Gasteiger partial charge on any atom is -0.493 e. The SMILES string of the molecule is COc1cc(CN=C(N)NCC2CCC2)ccc1OC[C@@H]1CCCO1. The Labute approximate surface area is 149 Å². The zero-order chi connectivity index (χ0) is 17.5. The van der Waals surface area contributed by atoms with Crippen LogP contribution < -0.4 is 20.5 Å². The van der Waals surface area contributed by atoms with Crippen LogP contribution in [-0.4, -0.2) is 38.9 Å². The van der Waals surface area contributed by atoms with Crippen molar-refractivity contribution >= 4 is 5.96 Å². The number of nitrogens with zero attached hydrogens (tertiary/aromatic N) is 1. The van der Waals surface area contributed by atoms with E-state index in [1.165, 1.54) is 19.3 Å². The summed E-state index contributed by atoms with van der Waals surface area (Å²) in [4.78, 5) is 4.41. The highest BCUT2D eigenvalue weighted by Gasteiger charge is 2.18. The van der Waals surface area contributed by atoms with E-state index < -0.39 is 0 Å². The van der Waals surface area contributed by atoms with Crippen LogP contribution in [0.2, 0.25) is 0 Å². The molecule has 1 aliphatic carbocycles. The van der Waals surface area contributed by atoms with Gasteiger partial charge in [-0.05, 0) is 49.3 Å². The third-order valence-corrected chi connectivity index (χ3v) is 4.91. The molecule has 0 unspecified atom stereocenters. The molecular formula is C19H29N3O3. The van der Waals surface area contributed by atoms with E-state index in [2.05, 4.69) is 10.3 Å². The molecule has 2 aliphatic rings. The molecule has 1 aliphatic heterocycles. The van der Waals surface area contributed by atoms with Gasteiger partial charge in [0.05, 0.1) is 19.8 Å². The summed E-state index contributed by atoms with van der Waals surface area (Å²) in [5.74, 6) is 2.72. The van der Waals surface area contributed by atoms with Crippen LogP contribution in [0.15, 0.2) is 23.2 Å². The topological polar surface area (TPSA) is 78.1 Å². The summed E-state index contributed by atoms with van der Waals surface area (Å²) < 4.78 is 16.9. The largest absolute Gasteiger partial charge is 0.493 e. The van der Waals surface area contributed by atoms with Crippen molar-refractivity contribution in [3.05, 3.63) is 23.8 Å². The van der Waals surface area contributed by atoms with Gasteiger partial charge >= 0.3 is 0 Å². The van der Waals surface area contributed by atoms with Gasteiger partial charge in [-0.2, -0.15) is 0 Å². The van der Waals surface area contributed by atoms with E-state index in [9.17, 15) is 0 Å². The van der Waals surface area contributed by atoms with Crippen molar-refractivity contribution in [1.29, 1.82) is 0 Å². The molecule has 1 aromatic carbocycles. The molecule has 3 N–H and O–H groups in total.